The molecule has 1 aromatic heterocycles. The van der Waals surface area contributed by atoms with Gasteiger partial charge in [-0.3, -0.25) is 4.79 Å². The van der Waals surface area contributed by atoms with Crippen LogP contribution in [0.4, 0.5) is 0 Å². The maximum atomic E-state index is 12.0. The standard InChI is InChI=1S/C22H22O3/c1-2-3-7-14-24-20-12-10-18(11-13-20)22-16-19(23)15-21(25-22)17-8-5-4-6-9-17/h4-6,8-13,15-16H,2-3,7,14H2,1H3. The molecule has 0 atom stereocenters. The zero-order valence-electron chi connectivity index (χ0n) is 14.4. The predicted octanol–water partition coefficient (Wildman–Crippen LogP) is 5.54. The molecular weight excluding hydrogens is 312 g/mol. The molecule has 3 aromatic rings. The maximum absolute atomic E-state index is 12.0. The lowest BCUT2D eigenvalue weighted by atomic mass is 10.1. The third-order valence-corrected chi connectivity index (χ3v) is 3.98. The minimum absolute atomic E-state index is 0.0694. The van der Waals surface area contributed by atoms with Gasteiger partial charge in [-0.15, -0.1) is 0 Å². The van der Waals surface area contributed by atoms with Gasteiger partial charge >= 0.3 is 0 Å². The molecule has 0 aliphatic rings. The average molecular weight is 334 g/mol. The number of unbranched alkanes of at least 4 members (excludes halogenated alkanes) is 2. The summed E-state index contributed by atoms with van der Waals surface area (Å²) < 4.78 is 11.7. The summed E-state index contributed by atoms with van der Waals surface area (Å²) in [6.07, 6.45) is 3.42. The molecule has 0 aliphatic heterocycles. The second-order valence-corrected chi connectivity index (χ2v) is 5.97. The van der Waals surface area contributed by atoms with Crippen molar-refractivity contribution in [3.63, 3.8) is 0 Å². The quantitative estimate of drug-likeness (QED) is 0.532. The summed E-state index contributed by atoms with van der Waals surface area (Å²) in [6.45, 7) is 2.90. The third kappa shape index (κ3) is 4.60. The molecule has 3 rings (SSSR count). The smallest absolute Gasteiger partial charge is 0.186 e. The fourth-order valence-corrected chi connectivity index (χ4v) is 2.62. The van der Waals surface area contributed by atoms with E-state index in [4.69, 9.17) is 9.15 Å². The van der Waals surface area contributed by atoms with Crippen LogP contribution in [0, 0.1) is 0 Å². The first-order valence-corrected chi connectivity index (χ1v) is 8.70. The molecule has 25 heavy (non-hydrogen) atoms. The first kappa shape index (κ1) is 17.0. The Morgan fingerprint density at radius 1 is 0.840 bits per heavy atom. The molecule has 0 saturated heterocycles. The summed E-state index contributed by atoms with van der Waals surface area (Å²) in [4.78, 5) is 12.0. The van der Waals surface area contributed by atoms with Gasteiger partial charge in [0.1, 0.15) is 17.3 Å². The van der Waals surface area contributed by atoms with Crippen LogP contribution in [0.25, 0.3) is 22.6 Å². The minimum atomic E-state index is -0.0694. The van der Waals surface area contributed by atoms with Crippen LogP contribution in [-0.2, 0) is 0 Å². The Morgan fingerprint density at radius 3 is 2.12 bits per heavy atom. The number of benzene rings is 2. The van der Waals surface area contributed by atoms with E-state index in [2.05, 4.69) is 6.92 Å². The van der Waals surface area contributed by atoms with Crippen molar-refractivity contribution in [2.45, 2.75) is 26.2 Å². The molecule has 0 unspecified atom stereocenters. The molecule has 0 radical (unpaired) electrons. The minimum Gasteiger partial charge on any atom is -0.494 e. The van der Waals surface area contributed by atoms with E-state index in [9.17, 15) is 4.79 Å². The number of hydrogen-bond donors (Lipinski definition) is 0. The van der Waals surface area contributed by atoms with Gasteiger partial charge in [-0.05, 0) is 30.7 Å². The Labute approximate surface area is 147 Å². The predicted molar refractivity (Wildman–Crippen MR) is 101 cm³/mol. The van der Waals surface area contributed by atoms with E-state index in [1.54, 1.807) is 0 Å². The van der Waals surface area contributed by atoms with Gasteiger partial charge in [-0.2, -0.15) is 0 Å². The Hall–Kier alpha value is -2.81. The number of rotatable bonds is 7. The van der Waals surface area contributed by atoms with Crippen LogP contribution in [-0.4, -0.2) is 6.61 Å². The summed E-state index contributed by atoms with van der Waals surface area (Å²) in [5.41, 5.74) is 1.67. The van der Waals surface area contributed by atoms with Crippen LogP contribution in [0.5, 0.6) is 5.75 Å². The summed E-state index contributed by atoms with van der Waals surface area (Å²) in [5, 5.41) is 0. The Bertz CT molecular complexity index is 848. The van der Waals surface area contributed by atoms with Crippen molar-refractivity contribution in [1.82, 2.24) is 0 Å². The van der Waals surface area contributed by atoms with Crippen molar-refractivity contribution in [2.75, 3.05) is 6.61 Å². The van der Waals surface area contributed by atoms with Gasteiger partial charge in [0.15, 0.2) is 5.43 Å². The molecule has 0 saturated carbocycles. The van der Waals surface area contributed by atoms with Gasteiger partial charge in [-0.25, -0.2) is 0 Å². The highest BCUT2D eigenvalue weighted by molar-refractivity contribution is 5.63. The van der Waals surface area contributed by atoms with Gasteiger partial charge in [0.2, 0.25) is 0 Å². The topological polar surface area (TPSA) is 39.4 Å². The van der Waals surface area contributed by atoms with Crippen LogP contribution in [0.2, 0.25) is 0 Å². The lowest BCUT2D eigenvalue weighted by molar-refractivity contribution is 0.306. The van der Waals surface area contributed by atoms with E-state index < -0.39 is 0 Å². The van der Waals surface area contributed by atoms with Crippen LogP contribution >= 0.6 is 0 Å². The molecule has 0 amide bonds. The van der Waals surface area contributed by atoms with Gasteiger partial charge in [0.25, 0.3) is 0 Å². The van der Waals surface area contributed by atoms with Crippen LogP contribution < -0.4 is 10.2 Å². The molecular formula is C22H22O3. The van der Waals surface area contributed by atoms with E-state index in [-0.39, 0.29) is 5.43 Å². The second kappa shape index (κ2) is 8.34. The molecule has 1 heterocycles. The monoisotopic (exact) mass is 334 g/mol. The van der Waals surface area contributed by atoms with E-state index in [1.807, 2.05) is 54.6 Å². The zero-order chi connectivity index (χ0) is 17.5. The molecule has 2 aromatic carbocycles. The van der Waals surface area contributed by atoms with Crippen LogP contribution in [0.15, 0.2) is 75.9 Å². The van der Waals surface area contributed by atoms with Crippen molar-refractivity contribution in [3.8, 4) is 28.4 Å². The van der Waals surface area contributed by atoms with Crippen molar-refractivity contribution in [2.24, 2.45) is 0 Å². The summed E-state index contributed by atoms with van der Waals surface area (Å²) in [5.74, 6) is 1.97. The van der Waals surface area contributed by atoms with Crippen molar-refractivity contribution in [1.29, 1.82) is 0 Å². The molecule has 0 bridgehead atoms. The van der Waals surface area contributed by atoms with Crippen molar-refractivity contribution < 1.29 is 9.15 Å². The van der Waals surface area contributed by atoms with Crippen LogP contribution in [0.1, 0.15) is 26.2 Å². The summed E-state index contributed by atoms with van der Waals surface area (Å²) in [6, 6.07) is 20.3. The Kier molecular flexibility index (Phi) is 5.68. The number of hydrogen-bond acceptors (Lipinski definition) is 3. The first-order valence-electron chi connectivity index (χ1n) is 8.70. The first-order chi connectivity index (χ1) is 12.3. The SMILES string of the molecule is CCCCCOc1ccc(-c2cc(=O)cc(-c3ccccc3)o2)cc1. The third-order valence-electron chi connectivity index (χ3n) is 3.98. The number of ether oxygens (including phenoxy) is 1. The van der Waals surface area contributed by atoms with Gasteiger partial charge in [0, 0.05) is 23.3 Å². The molecule has 0 N–H and O–H groups in total. The molecule has 3 heteroatoms. The van der Waals surface area contributed by atoms with E-state index in [0.29, 0.717) is 11.5 Å². The highest BCUT2D eigenvalue weighted by Gasteiger charge is 2.07. The Balaban J connectivity index is 1.80. The fourth-order valence-electron chi connectivity index (χ4n) is 2.62. The molecule has 0 fully saturated rings. The normalized spacial score (nSPS) is 10.6. The van der Waals surface area contributed by atoms with Gasteiger partial charge in [-0.1, -0.05) is 50.1 Å². The van der Waals surface area contributed by atoms with Crippen LogP contribution in [0.3, 0.4) is 0 Å². The van der Waals surface area contributed by atoms with Gasteiger partial charge < -0.3 is 9.15 Å². The van der Waals surface area contributed by atoms with Gasteiger partial charge in [0.05, 0.1) is 6.61 Å². The lowest BCUT2D eigenvalue weighted by Crippen LogP contribution is -1.99. The lowest BCUT2D eigenvalue weighted by Gasteiger charge is -2.08. The average Bonchev–Trinajstić information content (AvgIpc) is 2.66. The molecule has 0 spiro atoms. The van der Waals surface area contributed by atoms with E-state index in [1.165, 1.54) is 25.0 Å². The van der Waals surface area contributed by atoms with Crippen molar-refractivity contribution >= 4 is 0 Å². The summed E-state index contributed by atoms with van der Waals surface area (Å²) >= 11 is 0. The summed E-state index contributed by atoms with van der Waals surface area (Å²) in [7, 11) is 0. The van der Waals surface area contributed by atoms with Crippen molar-refractivity contribution in [3.05, 3.63) is 77.0 Å². The van der Waals surface area contributed by atoms with E-state index >= 15 is 0 Å². The zero-order valence-corrected chi connectivity index (χ0v) is 14.4. The van der Waals surface area contributed by atoms with E-state index in [0.717, 1.165) is 29.9 Å². The highest BCUT2D eigenvalue weighted by atomic mass is 16.5. The second-order valence-electron chi connectivity index (χ2n) is 5.97. The fraction of sp³-hybridized carbons (Fsp3) is 0.227. The largest absolute Gasteiger partial charge is 0.494 e. The highest BCUT2D eigenvalue weighted by Crippen LogP contribution is 2.26. The molecule has 3 nitrogen and oxygen atoms in total. The molecule has 0 aliphatic carbocycles. The Morgan fingerprint density at radius 2 is 1.48 bits per heavy atom. The maximum Gasteiger partial charge on any atom is 0.186 e. The molecule has 128 valence electrons.